The van der Waals surface area contributed by atoms with E-state index in [0.29, 0.717) is 24.8 Å². The van der Waals surface area contributed by atoms with E-state index >= 15 is 0 Å². The zero-order chi connectivity index (χ0) is 25.8. The molecular weight excluding hydrogens is 476 g/mol. The number of thiazole rings is 1. The van der Waals surface area contributed by atoms with Crippen molar-refractivity contribution in [2.45, 2.75) is 6.54 Å². The number of carbonyl (C=O) groups is 4. The van der Waals surface area contributed by atoms with Crippen molar-refractivity contribution in [3.05, 3.63) is 65.5 Å². The van der Waals surface area contributed by atoms with E-state index in [9.17, 15) is 19.2 Å². The van der Waals surface area contributed by atoms with Crippen LogP contribution in [0.1, 0.15) is 16.1 Å². The molecule has 0 aliphatic carbocycles. The van der Waals surface area contributed by atoms with Gasteiger partial charge in [-0.1, -0.05) is 37.4 Å². The van der Waals surface area contributed by atoms with Crippen molar-refractivity contribution >= 4 is 35.0 Å². The molecule has 1 aromatic carbocycles. The Hall–Kier alpha value is -3.87. The van der Waals surface area contributed by atoms with Crippen molar-refractivity contribution in [3.8, 4) is 10.6 Å². The Labute approximate surface area is 206 Å². The lowest BCUT2D eigenvalue weighted by molar-refractivity contribution is -0.137. The van der Waals surface area contributed by atoms with Gasteiger partial charge in [0.1, 0.15) is 23.0 Å². The van der Waals surface area contributed by atoms with Crippen LogP contribution in [0, 0.1) is 0 Å². The summed E-state index contributed by atoms with van der Waals surface area (Å²) in [6.45, 7) is 7.91. The minimum atomic E-state index is -0.818. The maximum absolute atomic E-state index is 12.4. The van der Waals surface area contributed by atoms with Gasteiger partial charge in [0.05, 0.1) is 26.0 Å². The zero-order valence-corrected chi connectivity index (χ0v) is 20.2. The lowest BCUT2D eigenvalue weighted by Crippen LogP contribution is -2.35. The maximum Gasteiger partial charge on any atom is 0.353 e. The van der Waals surface area contributed by atoms with Crippen LogP contribution in [0.4, 0.5) is 0 Å². The van der Waals surface area contributed by atoms with Gasteiger partial charge in [-0.15, -0.1) is 11.3 Å². The first-order valence-corrected chi connectivity index (χ1v) is 11.1. The molecule has 0 aliphatic heterocycles. The summed E-state index contributed by atoms with van der Waals surface area (Å²) in [5.41, 5.74) is 1.17. The molecule has 0 bridgehead atoms. The highest BCUT2D eigenvalue weighted by molar-refractivity contribution is 7.13. The van der Waals surface area contributed by atoms with Gasteiger partial charge in [0, 0.05) is 24.6 Å². The predicted molar refractivity (Wildman–Crippen MR) is 128 cm³/mol. The number of aromatic nitrogens is 1. The molecule has 3 N–H and O–H groups in total. The van der Waals surface area contributed by atoms with Gasteiger partial charge < -0.3 is 30.2 Å². The molecule has 0 radical (unpaired) electrons. The lowest BCUT2D eigenvalue weighted by Gasteiger charge is -2.09. The Kier molecular flexibility index (Phi) is 10.8. The summed E-state index contributed by atoms with van der Waals surface area (Å²) in [6, 6.07) is 7.32. The number of nitrogens with one attached hydrogen (secondary N) is 3. The van der Waals surface area contributed by atoms with Gasteiger partial charge >= 0.3 is 5.97 Å². The Morgan fingerprint density at radius 2 is 1.71 bits per heavy atom. The molecule has 12 heteroatoms. The first kappa shape index (κ1) is 27.4. The quantitative estimate of drug-likeness (QED) is 0.210. The first-order valence-electron chi connectivity index (χ1n) is 10.2. The molecule has 11 nitrogen and oxygen atoms in total. The van der Waals surface area contributed by atoms with Crippen molar-refractivity contribution in [1.29, 1.82) is 0 Å². The molecule has 3 amide bonds. The average Bonchev–Trinajstić information content (AvgIpc) is 3.35. The Morgan fingerprint density at radius 1 is 1.00 bits per heavy atom. The number of amides is 3. The topological polar surface area (TPSA) is 145 Å². The minimum absolute atomic E-state index is 0.0421. The van der Waals surface area contributed by atoms with E-state index in [2.05, 4.69) is 38.8 Å². The van der Waals surface area contributed by atoms with Crippen LogP contribution in [0.25, 0.3) is 10.6 Å². The Morgan fingerprint density at radius 3 is 2.37 bits per heavy atom. The van der Waals surface area contributed by atoms with Crippen LogP contribution in [-0.4, -0.2) is 62.7 Å². The summed E-state index contributed by atoms with van der Waals surface area (Å²) < 4.78 is 14.4. The molecule has 0 atom stereocenters. The van der Waals surface area contributed by atoms with Gasteiger partial charge in [-0.05, 0) is 5.56 Å². The number of hydrogen-bond acceptors (Lipinski definition) is 9. The van der Waals surface area contributed by atoms with Crippen molar-refractivity contribution in [1.82, 2.24) is 20.9 Å². The summed E-state index contributed by atoms with van der Waals surface area (Å²) in [4.78, 5) is 51.8. The molecule has 0 saturated heterocycles. The number of ether oxygens (including phenoxy) is 3. The van der Waals surface area contributed by atoms with Crippen LogP contribution in [0.3, 0.4) is 0 Å². The second-order valence-corrected chi connectivity index (χ2v) is 7.77. The zero-order valence-electron chi connectivity index (χ0n) is 19.3. The van der Waals surface area contributed by atoms with Gasteiger partial charge in [0.2, 0.25) is 5.91 Å². The highest BCUT2D eigenvalue weighted by Crippen LogP contribution is 2.24. The number of methoxy groups -OCH3 is 2. The molecule has 0 unspecified atom stereocenters. The third-order valence-corrected chi connectivity index (χ3v) is 5.22. The maximum atomic E-state index is 12.4. The molecule has 2 rings (SSSR count). The van der Waals surface area contributed by atoms with E-state index in [-0.39, 0.29) is 29.6 Å². The smallest absolute Gasteiger partial charge is 0.353 e. The number of benzene rings is 1. The SMILES string of the molecule is C=C(NC(=O)c1csc(-c2ccc(CNC(=O)COCCOC)cc2)n1)C(=O)NC(=C)C(=O)OC. The molecule has 2 aromatic rings. The van der Waals surface area contributed by atoms with E-state index in [1.165, 1.54) is 11.3 Å². The van der Waals surface area contributed by atoms with Crippen LogP contribution in [-0.2, 0) is 35.1 Å². The van der Waals surface area contributed by atoms with Crippen molar-refractivity contribution in [3.63, 3.8) is 0 Å². The van der Waals surface area contributed by atoms with Crippen molar-refractivity contribution in [2.75, 3.05) is 34.0 Å². The fourth-order valence-corrected chi connectivity index (χ4v) is 3.29. The van der Waals surface area contributed by atoms with Gasteiger partial charge in [-0.2, -0.15) is 0 Å². The summed E-state index contributed by atoms with van der Waals surface area (Å²) >= 11 is 1.25. The van der Waals surface area contributed by atoms with Gasteiger partial charge in [0.15, 0.2) is 0 Å². The molecule has 0 saturated carbocycles. The number of esters is 1. The number of carbonyl (C=O) groups excluding carboxylic acids is 4. The average molecular weight is 503 g/mol. The van der Waals surface area contributed by atoms with Crippen LogP contribution < -0.4 is 16.0 Å². The molecular formula is C23H26N4O7S. The van der Waals surface area contributed by atoms with Crippen LogP contribution in [0.2, 0.25) is 0 Å². The minimum Gasteiger partial charge on any atom is -0.464 e. The van der Waals surface area contributed by atoms with E-state index in [0.717, 1.165) is 18.2 Å². The van der Waals surface area contributed by atoms with Crippen LogP contribution in [0.15, 0.2) is 54.2 Å². The Balaban J connectivity index is 1.87. The molecule has 1 aromatic heterocycles. The first-order chi connectivity index (χ1) is 16.7. The number of rotatable bonds is 13. The van der Waals surface area contributed by atoms with E-state index < -0.39 is 17.8 Å². The monoisotopic (exact) mass is 502 g/mol. The van der Waals surface area contributed by atoms with Crippen molar-refractivity contribution < 1.29 is 33.4 Å². The van der Waals surface area contributed by atoms with Gasteiger partial charge in [-0.25, -0.2) is 9.78 Å². The summed E-state index contributed by atoms with van der Waals surface area (Å²) in [6.07, 6.45) is 0. The Bertz CT molecular complexity index is 1100. The highest BCUT2D eigenvalue weighted by atomic mass is 32.1. The third-order valence-electron chi connectivity index (χ3n) is 4.33. The summed E-state index contributed by atoms with van der Waals surface area (Å²) in [5, 5.41) is 9.40. The second kappa shape index (κ2) is 13.7. The van der Waals surface area contributed by atoms with E-state index in [4.69, 9.17) is 9.47 Å². The van der Waals surface area contributed by atoms with Crippen LogP contribution >= 0.6 is 11.3 Å². The fourth-order valence-electron chi connectivity index (χ4n) is 2.48. The van der Waals surface area contributed by atoms with E-state index in [1.807, 2.05) is 24.3 Å². The van der Waals surface area contributed by atoms with Crippen LogP contribution in [0.5, 0.6) is 0 Å². The van der Waals surface area contributed by atoms with Gasteiger partial charge in [-0.3, -0.25) is 14.4 Å². The largest absolute Gasteiger partial charge is 0.464 e. The molecule has 1 heterocycles. The predicted octanol–water partition coefficient (Wildman–Crippen LogP) is 1.14. The molecule has 0 aliphatic rings. The third kappa shape index (κ3) is 8.77. The number of hydrogen-bond donors (Lipinski definition) is 3. The number of nitrogens with zero attached hydrogens (tertiary/aromatic N) is 1. The molecule has 186 valence electrons. The lowest BCUT2D eigenvalue weighted by atomic mass is 10.1. The summed E-state index contributed by atoms with van der Waals surface area (Å²) in [5.74, 6) is -2.50. The second-order valence-electron chi connectivity index (χ2n) is 6.91. The van der Waals surface area contributed by atoms with Gasteiger partial charge in [0.25, 0.3) is 11.8 Å². The molecule has 0 spiro atoms. The summed E-state index contributed by atoms with van der Waals surface area (Å²) in [7, 11) is 2.70. The fraction of sp³-hybridized carbons (Fsp3) is 0.261. The molecule has 0 fully saturated rings. The van der Waals surface area contributed by atoms with Crippen molar-refractivity contribution in [2.24, 2.45) is 0 Å². The highest BCUT2D eigenvalue weighted by Gasteiger charge is 2.18. The standard InChI is InChI=1S/C23H26N4O7S/c1-14(20(29)26-15(2)23(31)33-4)25-21(30)18-13-35-22(27-18)17-7-5-16(6-8-17)11-24-19(28)12-34-10-9-32-3/h5-8,13H,1-2,9-12H2,3-4H3,(H,24,28)(H,25,30)(H,26,29). The van der Waals surface area contributed by atoms with E-state index in [1.54, 1.807) is 12.5 Å². The normalized spacial score (nSPS) is 10.2. The molecule has 35 heavy (non-hydrogen) atoms.